The van der Waals surface area contributed by atoms with Crippen molar-refractivity contribution in [2.75, 3.05) is 7.11 Å². The van der Waals surface area contributed by atoms with Gasteiger partial charge in [-0.2, -0.15) is 0 Å². The summed E-state index contributed by atoms with van der Waals surface area (Å²) in [5.41, 5.74) is 1.25. The molecule has 0 spiro atoms. The molecule has 0 saturated carbocycles. The molecule has 0 saturated heterocycles. The van der Waals surface area contributed by atoms with E-state index in [0.717, 1.165) is 12.2 Å². The molecule has 0 fully saturated rings. The van der Waals surface area contributed by atoms with Crippen molar-refractivity contribution in [3.05, 3.63) is 23.5 Å². The summed E-state index contributed by atoms with van der Waals surface area (Å²) in [5.74, 6) is 1.04. The molecule has 0 radical (unpaired) electrons. The minimum atomic E-state index is 0.960. The van der Waals surface area contributed by atoms with Crippen molar-refractivity contribution in [1.82, 2.24) is 0 Å². The van der Waals surface area contributed by atoms with E-state index in [1.807, 2.05) is 6.92 Å². The number of hydrogen-bond donors (Lipinski definition) is 0. The SMILES string of the molecule is C/C=C(C)\C=C(/CC)OC. The van der Waals surface area contributed by atoms with Gasteiger partial charge in [0.2, 0.25) is 0 Å². The Balaban J connectivity index is 4.10. The van der Waals surface area contributed by atoms with Crippen LogP contribution in [0.2, 0.25) is 0 Å². The van der Waals surface area contributed by atoms with Crippen LogP contribution in [-0.4, -0.2) is 7.11 Å². The predicted molar refractivity (Wildman–Crippen MR) is 44.8 cm³/mol. The lowest BCUT2D eigenvalue weighted by Gasteiger charge is -2.01. The van der Waals surface area contributed by atoms with E-state index in [1.165, 1.54) is 5.57 Å². The molecule has 0 heterocycles. The lowest BCUT2D eigenvalue weighted by molar-refractivity contribution is 0.280. The third kappa shape index (κ3) is 3.33. The molecule has 0 aromatic carbocycles. The Labute approximate surface area is 63.4 Å². The number of allylic oxidation sites excluding steroid dienone is 4. The van der Waals surface area contributed by atoms with E-state index in [9.17, 15) is 0 Å². The van der Waals surface area contributed by atoms with Crippen LogP contribution in [0.3, 0.4) is 0 Å². The van der Waals surface area contributed by atoms with Crippen molar-refractivity contribution in [3.63, 3.8) is 0 Å². The van der Waals surface area contributed by atoms with Gasteiger partial charge in [0.05, 0.1) is 12.9 Å². The molecule has 58 valence electrons. The van der Waals surface area contributed by atoms with Crippen molar-refractivity contribution in [1.29, 1.82) is 0 Å². The van der Waals surface area contributed by atoms with Crippen LogP contribution in [-0.2, 0) is 4.74 Å². The first-order chi connectivity index (χ1) is 4.74. The first-order valence-corrected chi connectivity index (χ1v) is 3.62. The summed E-state index contributed by atoms with van der Waals surface area (Å²) >= 11 is 0. The second kappa shape index (κ2) is 5.10. The van der Waals surface area contributed by atoms with Gasteiger partial charge in [-0.1, -0.05) is 18.6 Å². The van der Waals surface area contributed by atoms with Crippen LogP contribution >= 0.6 is 0 Å². The highest BCUT2D eigenvalue weighted by molar-refractivity contribution is 5.17. The molecule has 0 aliphatic rings. The van der Waals surface area contributed by atoms with E-state index in [4.69, 9.17) is 4.74 Å². The van der Waals surface area contributed by atoms with Crippen LogP contribution in [0.15, 0.2) is 23.5 Å². The second-order valence-corrected chi connectivity index (χ2v) is 2.20. The Kier molecular flexibility index (Phi) is 4.73. The molecule has 0 amide bonds. The average Bonchev–Trinajstić information content (AvgIpc) is 1.99. The number of ether oxygens (including phenoxy) is 1. The maximum Gasteiger partial charge on any atom is 0.0955 e. The molecule has 0 rings (SSSR count). The van der Waals surface area contributed by atoms with Gasteiger partial charge in [0.25, 0.3) is 0 Å². The van der Waals surface area contributed by atoms with Gasteiger partial charge >= 0.3 is 0 Å². The lowest BCUT2D eigenvalue weighted by Crippen LogP contribution is -1.83. The first kappa shape index (κ1) is 9.28. The summed E-state index contributed by atoms with van der Waals surface area (Å²) in [6, 6.07) is 0. The van der Waals surface area contributed by atoms with Gasteiger partial charge in [-0.15, -0.1) is 0 Å². The zero-order valence-electron chi connectivity index (χ0n) is 7.27. The highest BCUT2D eigenvalue weighted by Gasteiger charge is 1.89. The van der Waals surface area contributed by atoms with E-state index in [0.29, 0.717) is 0 Å². The van der Waals surface area contributed by atoms with E-state index < -0.39 is 0 Å². The van der Waals surface area contributed by atoms with Gasteiger partial charge in [-0.25, -0.2) is 0 Å². The lowest BCUT2D eigenvalue weighted by atomic mass is 10.2. The monoisotopic (exact) mass is 140 g/mol. The molecule has 0 atom stereocenters. The normalized spacial score (nSPS) is 13.6. The largest absolute Gasteiger partial charge is 0.501 e. The molecule has 0 aromatic heterocycles. The van der Waals surface area contributed by atoms with Crippen molar-refractivity contribution >= 4 is 0 Å². The minimum Gasteiger partial charge on any atom is -0.501 e. The zero-order valence-corrected chi connectivity index (χ0v) is 7.27. The fourth-order valence-corrected chi connectivity index (χ4v) is 0.643. The van der Waals surface area contributed by atoms with Crippen molar-refractivity contribution in [3.8, 4) is 0 Å². The van der Waals surface area contributed by atoms with Crippen LogP contribution in [0, 0.1) is 0 Å². The van der Waals surface area contributed by atoms with E-state index in [-0.39, 0.29) is 0 Å². The van der Waals surface area contributed by atoms with Crippen LogP contribution in [0.25, 0.3) is 0 Å². The summed E-state index contributed by atoms with van der Waals surface area (Å²) in [6.45, 7) is 6.17. The Morgan fingerprint density at radius 3 is 2.40 bits per heavy atom. The molecule has 10 heavy (non-hydrogen) atoms. The highest BCUT2D eigenvalue weighted by Crippen LogP contribution is 2.05. The maximum atomic E-state index is 5.09. The second-order valence-electron chi connectivity index (χ2n) is 2.20. The van der Waals surface area contributed by atoms with Crippen LogP contribution < -0.4 is 0 Å². The average molecular weight is 140 g/mol. The quantitative estimate of drug-likeness (QED) is 0.432. The fraction of sp³-hybridized carbons (Fsp3) is 0.556. The molecular weight excluding hydrogens is 124 g/mol. The molecule has 1 heteroatoms. The van der Waals surface area contributed by atoms with E-state index in [1.54, 1.807) is 7.11 Å². The van der Waals surface area contributed by atoms with Gasteiger partial charge in [0.1, 0.15) is 0 Å². The molecule has 1 nitrogen and oxygen atoms in total. The number of methoxy groups -OCH3 is 1. The minimum absolute atomic E-state index is 0.960. The molecule has 0 unspecified atom stereocenters. The van der Waals surface area contributed by atoms with E-state index >= 15 is 0 Å². The zero-order chi connectivity index (χ0) is 7.98. The third-order valence-electron chi connectivity index (χ3n) is 1.45. The summed E-state index contributed by atoms with van der Waals surface area (Å²) < 4.78 is 5.09. The molecule has 0 aliphatic heterocycles. The van der Waals surface area contributed by atoms with Crippen molar-refractivity contribution < 1.29 is 4.74 Å². The Morgan fingerprint density at radius 1 is 1.50 bits per heavy atom. The number of rotatable bonds is 3. The summed E-state index contributed by atoms with van der Waals surface area (Å²) in [7, 11) is 1.71. The van der Waals surface area contributed by atoms with Crippen molar-refractivity contribution in [2.45, 2.75) is 27.2 Å². The smallest absolute Gasteiger partial charge is 0.0955 e. The standard InChI is InChI=1S/C9H16O/c1-5-8(3)7-9(6-2)10-4/h5,7H,6H2,1-4H3/b8-5-,9-7+. The third-order valence-corrected chi connectivity index (χ3v) is 1.45. The fourth-order valence-electron chi connectivity index (χ4n) is 0.643. The molecule has 0 aliphatic carbocycles. The Hall–Kier alpha value is -0.720. The van der Waals surface area contributed by atoms with Crippen LogP contribution in [0.1, 0.15) is 27.2 Å². The topological polar surface area (TPSA) is 9.23 Å². The van der Waals surface area contributed by atoms with E-state index in [2.05, 4.69) is 26.0 Å². The van der Waals surface area contributed by atoms with Gasteiger partial charge in [-0.3, -0.25) is 0 Å². The van der Waals surface area contributed by atoms with Gasteiger partial charge in [-0.05, 0) is 19.9 Å². The van der Waals surface area contributed by atoms with Gasteiger partial charge in [0.15, 0.2) is 0 Å². The first-order valence-electron chi connectivity index (χ1n) is 3.62. The summed E-state index contributed by atoms with van der Waals surface area (Å²) in [6.07, 6.45) is 5.08. The Morgan fingerprint density at radius 2 is 2.10 bits per heavy atom. The Bertz CT molecular complexity index is 137. The van der Waals surface area contributed by atoms with Gasteiger partial charge in [0, 0.05) is 6.42 Å². The molecule has 0 bridgehead atoms. The number of hydrogen-bond acceptors (Lipinski definition) is 1. The van der Waals surface area contributed by atoms with Crippen LogP contribution in [0.4, 0.5) is 0 Å². The van der Waals surface area contributed by atoms with Crippen LogP contribution in [0.5, 0.6) is 0 Å². The molecular formula is C9H16O. The highest BCUT2D eigenvalue weighted by atomic mass is 16.5. The predicted octanol–water partition coefficient (Wildman–Crippen LogP) is 2.89. The maximum absolute atomic E-state index is 5.09. The van der Waals surface area contributed by atoms with Gasteiger partial charge < -0.3 is 4.74 Å². The molecule has 0 aromatic rings. The molecule has 0 N–H and O–H groups in total. The summed E-state index contributed by atoms with van der Waals surface area (Å²) in [5, 5.41) is 0. The summed E-state index contributed by atoms with van der Waals surface area (Å²) in [4.78, 5) is 0. The van der Waals surface area contributed by atoms with Crippen molar-refractivity contribution in [2.24, 2.45) is 0 Å².